The van der Waals surface area contributed by atoms with Crippen LogP contribution in [0.25, 0.3) is 10.9 Å². The maximum absolute atomic E-state index is 13.7. The molecule has 9 heteroatoms. The van der Waals surface area contributed by atoms with Gasteiger partial charge in [-0.3, -0.25) is 24.0 Å². The van der Waals surface area contributed by atoms with Crippen molar-refractivity contribution in [3.63, 3.8) is 0 Å². The van der Waals surface area contributed by atoms with Crippen LogP contribution in [0.3, 0.4) is 0 Å². The largest absolute Gasteiger partial charge is 0.351 e. The van der Waals surface area contributed by atoms with Crippen molar-refractivity contribution in [2.45, 2.75) is 76.9 Å². The van der Waals surface area contributed by atoms with Gasteiger partial charge in [-0.05, 0) is 76.3 Å². The van der Waals surface area contributed by atoms with Crippen molar-refractivity contribution in [3.05, 3.63) is 36.0 Å². The fraction of sp³-hybridized carbons (Fsp3) is 0.552. The summed E-state index contributed by atoms with van der Waals surface area (Å²) in [5.74, 6) is -1.81. The molecule has 3 aliphatic rings. The first-order chi connectivity index (χ1) is 18.2. The molecule has 0 bridgehead atoms. The van der Waals surface area contributed by atoms with E-state index in [-0.39, 0.29) is 36.0 Å². The average Bonchev–Trinajstić information content (AvgIpc) is 3.30. The number of ketones is 2. The van der Waals surface area contributed by atoms with Crippen molar-refractivity contribution in [3.8, 4) is 0 Å². The molecule has 38 heavy (non-hydrogen) atoms. The second kappa shape index (κ2) is 10.7. The molecule has 3 N–H and O–H groups in total. The standard InChI is InChI=1S/C29H36N4O5/c1-16(2)30-28(37)26(35)22(13-19-7-5-9-25(19)34)32-27(36)24-14-20(17-10-11-17)15-33(24)29(38)23-12-18-6-3-4-8-21(18)31-23/h3-4,6,8,12,16-17,19-20,22,24,31H,5,7,9-11,13-15H2,1-2H3,(H,30,37)(H,32,36)/t19-,20+,22-,24-/m0/s1. The lowest BCUT2D eigenvalue weighted by Gasteiger charge is -2.26. The number of nitrogens with one attached hydrogen (secondary N) is 3. The van der Waals surface area contributed by atoms with E-state index in [1.54, 1.807) is 24.8 Å². The molecule has 1 aromatic heterocycles. The number of H-pyrrole nitrogens is 1. The minimum Gasteiger partial charge on any atom is -0.351 e. The van der Waals surface area contributed by atoms with Crippen LogP contribution in [-0.4, -0.2) is 63.8 Å². The Morgan fingerprint density at radius 2 is 1.82 bits per heavy atom. The van der Waals surface area contributed by atoms with Gasteiger partial charge in [0.1, 0.15) is 17.5 Å². The molecule has 2 heterocycles. The molecule has 0 radical (unpaired) electrons. The molecule has 3 fully saturated rings. The topological polar surface area (TPSA) is 128 Å². The number of nitrogens with zero attached hydrogens (tertiary/aromatic N) is 1. The number of aromatic nitrogens is 1. The fourth-order valence-corrected chi connectivity index (χ4v) is 6.01. The highest BCUT2D eigenvalue weighted by Gasteiger charge is 2.46. The summed E-state index contributed by atoms with van der Waals surface area (Å²) in [6.07, 6.45) is 4.64. The summed E-state index contributed by atoms with van der Waals surface area (Å²) in [6, 6.07) is 7.31. The van der Waals surface area contributed by atoms with E-state index in [0.717, 1.165) is 30.2 Å². The zero-order chi connectivity index (χ0) is 27.0. The van der Waals surface area contributed by atoms with Crippen LogP contribution in [0.5, 0.6) is 0 Å². The molecule has 1 aromatic carbocycles. The van der Waals surface area contributed by atoms with Crippen LogP contribution in [0.2, 0.25) is 0 Å². The molecule has 202 valence electrons. The van der Waals surface area contributed by atoms with Gasteiger partial charge < -0.3 is 20.5 Å². The van der Waals surface area contributed by atoms with Crippen LogP contribution in [0.15, 0.2) is 30.3 Å². The van der Waals surface area contributed by atoms with Gasteiger partial charge in [-0.25, -0.2) is 0 Å². The molecule has 2 aromatic rings. The highest BCUT2D eigenvalue weighted by molar-refractivity contribution is 6.38. The molecule has 0 spiro atoms. The van der Waals surface area contributed by atoms with Gasteiger partial charge in [0.05, 0.1) is 6.04 Å². The van der Waals surface area contributed by atoms with E-state index in [9.17, 15) is 24.0 Å². The van der Waals surface area contributed by atoms with Gasteiger partial charge >= 0.3 is 0 Å². The van der Waals surface area contributed by atoms with Gasteiger partial charge in [0, 0.05) is 35.8 Å². The van der Waals surface area contributed by atoms with Crippen molar-refractivity contribution >= 4 is 40.2 Å². The van der Waals surface area contributed by atoms with Crippen LogP contribution in [0.4, 0.5) is 0 Å². The van der Waals surface area contributed by atoms with Gasteiger partial charge in [-0.1, -0.05) is 18.2 Å². The average molecular weight is 521 g/mol. The minimum atomic E-state index is -1.11. The van der Waals surface area contributed by atoms with E-state index in [1.165, 1.54) is 0 Å². The summed E-state index contributed by atoms with van der Waals surface area (Å²) in [6.45, 7) is 3.98. The van der Waals surface area contributed by atoms with Crippen molar-refractivity contribution < 1.29 is 24.0 Å². The summed E-state index contributed by atoms with van der Waals surface area (Å²) in [5, 5.41) is 6.31. The van der Waals surface area contributed by atoms with E-state index in [1.807, 2.05) is 24.3 Å². The molecule has 1 aliphatic heterocycles. The molecule has 2 saturated carbocycles. The van der Waals surface area contributed by atoms with Crippen LogP contribution < -0.4 is 10.6 Å². The number of rotatable bonds is 9. The number of likely N-dealkylation sites (tertiary alicyclic amines) is 1. The van der Waals surface area contributed by atoms with Crippen molar-refractivity contribution in [2.24, 2.45) is 17.8 Å². The summed E-state index contributed by atoms with van der Waals surface area (Å²) < 4.78 is 0. The fourth-order valence-electron chi connectivity index (χ4n) is 6.01. The van der Waals surface area contributed by atoms with E-state index < -0.39 is 29.7 Å². The Kier molecular flexibility index (Phi) is 7.36. The molecular weight excluding hydrogens is 484 g/mol. The number of aromatic amines is 1. The molecule has 9 nitrogen and oxygen atoms in total. The first-order valence-electron chi connectivity index (χ1n) is 13.8. The van der Waals surface area contributed by atoms with E-state index in [4.69, 9.17) is 0 Å². The van der Waals surface area contributed by atoms with Gasteiger partial charge in [-0.2, -0.15) is 0 Å². The molecule has 5 rings (SSSR count). The highest BCUT2D eigenvalue weighted by Crippen LogP contribution is 2.43. The molecule has 1 saturated heterocycles. The van der Waals surface area contributed by atoms with E-state index >= 15 is 0 Å². The van der Waals surface area contributed by atoms with E-state index in [2.05, 4.69) is 15.6 Å². The summed E-state index contributed by atoms with van der Waals surface area (Å²) in [4.78, 5) is 70.1. The number of para-hydroxylation sites is 1. The Morgan fingerprint density at radius 3 is 2.47 bits per heavy atom. The Balaban J connectivity index is 1.36. The number of hydrogen-bond donors (Lipinski definition) is 3. The molecular formula is C29H36N4O5. The Labute approximate surface area is 222 Å². The maximum Gasteiger partial charge on any atom is 0.289 e. The Bertz CT molecular complexity index is 1230. The Hall–Kier alpha value is -3.49. The third kappa shape index (κ3) is 5.51. The monoisotopic (exact) mass is 520 g/mol. The summed E-state index contributed by atoms with van der Waals surface area (Å²) in [7, 11) is 0. The zero-order valence-corrected chi connectivity index (χ0v) is 22.0. The number of hydrogen-bond acceptors (Lipinski definition) is 5. The van der Waals surface area contributed by atoms with Crippen molar-refractivity contribution in [2.75, 3.05) is 6.54 Å². The summed E-state index contributed by atoms with van der Waals surface area (Å²) in [5.41, 5.74) is 1.26. The molecule has 2 aliphatic carbocycles. The lowest BCUT2D eigenvalue weighted by atomic mass is 9.94. The quantitative estimate of drug-likeness (QED) is 0.438. The number of amides is 3. The van der Waals surface area contributed by atoms with Gasteiger partial charge in [0.2, 0.25) is 11.7 Å². The maximum atomic E-state index is 13.7. The van der Waals surface area contributed by atoms with Crippen molar-refractivity contribution in [1.29, 1.82) is 0 Å². The number of carbonyl (C=O) groups is 5. The highest BCUT2D eigenvalue weighted by atomic mass is 16.2. The number of carbonyl (C=O) groups excluding carboxylic acids is 5. The lowest BCUT2D eigenvalue weighted by Crippen LogP contribution is -2.54. The normalized spacial score (nSPS) is 24.1. The third-order valence-corrected chi connectivity index (χ3v) is 8.17. The predicted octanol–water partition coefficient (Wildman–Crippen LogP) is 2.75. The third-order valence-electron chi connectivity index (χ3n) is 8.17. The van der Waals surface area contributed by atoms with Crippen LogP contribution in [0, 0.1) is 17.8 Å². The van der Waals surface area contributed by atoms with Gasteiger partial charge in [0.15, 0.2) is 0 Å². The van der Waals surface area contributed by atoms with E-state index in [0.29, 0.717) is 37.4 Å². The van der Waals surface area contributed by atoms with Crippen LogP contribution in [-0.2, 0) is 19.2 Å². The number of benzene rings is 1. The molecule has 4 atom stereocenters. The first kappa shape index (κ1) is 26.1. The second-order valence-electron chi connectivity index (χ2n) is 11.4. The first-order valence-corrected chi connectivity index (χ1v) is 13.8. The Morgan fingerprint density at radius 1 is 1.05 bits per heavy atom. The SMILES string of the molecule is CC(C)NC(=O)C(=O)[C@H](C[C@@H]1CCCC1=O)NC(=O)[C@@H]1C[C@@H](C2CC2)CN1C(=O)c1cc2ccccc2[nH]1. The lowest BCUT2D eigenvalue weighted by molar-refractivity contribution is -0.141. The zero-order valence-electron chi connectivity index (χ0n) is 22.0. The predicted molar refractivity (Wildman–Crippen MR) is 141 cm³/mol. The smallest absolute Gasteiger partial charge is 0.289 e. The second-order valence-corrected chi connectivity index (χ2v) is 11.4. The molecule has 3 amide bonds. The van der Waals surface area contributed by atoms with Gasteiger partial charge in [0.25, 0.3) is 11.8 Å². The van der Waals surface area contributed by atoms with Crippen LogP contribution in [0.1, 0.15) is 69.3 Å². The minimum absolute atomic E-state index is 0.0617. The number of Topliss-reactive ketones (excluding diaryl/α,β-unsaturated/α-hetero) is 2. The number of fused-ring (bicyclic) bond motifs is 1. The van der Waals surface area contributed by atoms with Gasteiger partial charge in [-0.15, -0.1) is 0 Å². The molecule has 0 unspecified atom stereocenters. The summed E-state index contributed by atoms with van der Waals surface area (Å²) >= 11 is 0. The van der Waals surface area contributed by atoms with Crippen molar-refractivity contribution in [1.82, 2.24) is 20.5 Å². The van der Waals surface area contributed by atoms with Crippen LogP contribution >= 0.6 is 0 Å².